The van der Waals surface area contributed by atoms with Crippen LogP contribution in [0.25, 0.3) is 0 Å². The molecule has 0 aliphatic carbocycles. The van der Waals surface area contributed by atoms with Gasteiger partial charge in [0.1, 0.15) is 5.69 Å². The SMILES string of the molecule is CCC1CN(C(=O)c2cc(C)[nH]n2)CCN1C(=O)c1ccc(Cl)c(C)c1. The molecule has 3 rings (SSSR count). The number of aromatic nitrogens is 2. The van der Waals surface area contributed by atoms with E-state index in [-0.39, 0.29) is 17.9 Å². The second kappa shape index (κ2) is 7.50. The summed E-state index contributed by atoms with van der Waals surface area (Å²) >= 11 is 6.06. The molecule has 6 nitrogen and oxygen atoms in total. The van der Waals surface area contributed by atoms with Crippen molar-refractivity contribution in [2.75, 3.05) is 19.6 Å². The number of piperazine rings is 1. The van der Waals surface area contributed by atoms with Crippen molar-refractivity contribution in [3.05, 3.63) is 51.8 Å². The summed E-state index contributed by atoms with van der Waals surface area (Å²) in [6.07, 6.45) is 0.779. The molecule has 1 aliphatic rings. The average molecular weight is 375 g/mol. The Labute approximate surface area is 158 Å². The minimum atomic E-state index is -0.0952. The number of rotatable bonds is 3. The highest BCUT2D eigenvalue weighted by Gasteiger charge is 2.33. The van der Waals surface area contributed by atoms with Gasteiger partial charge >= 0.3 is 0 Å². The number of aromatic amines is 1. The van der Waals surface area contributed by atoms with Crippen molar-refractivity contribution in [3.8, 4) is 0 Å². The summed E-state index contributed by atoms with van der Waals surface area (Å²) in [5.41, 5.74) is 2.79. The number of hydrogen-bond acceptors (Lipinski definition) is 3. The van der Waals surface area contributed by atoms with Gasteiger partial charge in [0.2, 0.25) is 0 Å². The smallest absolute Gasteiger partial charge is 0.274 e. The molecule has 0 bridgehead atoms. The van der Waals surface area contributed by atoms with Crippen LogP contribution in [-0.4, -0.2) is 57.5 Å². The predicted molar refractivity (Wildman–Crippen MR) is 101 cm³/mol. The molecule has 7 heteroatoms. The van der Waals surface area contributed by atoms with E-state index in [0.717, 1.165) is 17.7 Å². The molecule has 1 aliphatic heterocycles. The number of carbonyl (C=O) groups excluding carboxylic acids is 2. The molecule has 0 saturated carbocycles. The maximum absolute atomic E-state index is 12.9. The summed E-state index contributed by atoms with van der Waals surface area (Å²) < 4.78 is 0. The zero-order valence-electron chi connectivity index (χ0n) is 15.3. The summed E-state index contributed by atoms with van der Waals surface area (Å²) in [5.74, 6) is -0.110. The van der Waals surface area contributed by atoms with Crippen LogP contribution in [-0.2, 0) is 0 Å². The van der Waals surface area contributed by atoms with Crippen molar-refractivity contribution in [2.45, 2.75) is 33.2 Å². The van der Waals surface area contributed by atoms with E-state index in [1.807, 2.05) is 31.7 Å². The van der Waals surface area contributed by atoms with Gasteiger partial charge in [-0.15, -0.1) is 0 Å². The van der Waals surface area contributed by atoms with Gasteiger partial charge in [0.25, 0.3) is 11.8 Å². The van der Waals surface area contributed by atoms with Crippen molar-refractivity contribution in [1.82, 2.24) is 20.0 Å². The number of nitrogens with zero attached hydrogens (tertiary/aromatic N) is 3. The normalized spacial score (nSPS) is 17.5. The topological polar surface area (TPSA) is 69.3 Å². The molecule has 1 fully saturated rings. The van der Waals surface area contributed by atoms with E-state index in [9.17, 15) is 9.59 Å². The molecule has 2 aromatic rings. The van der Waals surface area contributed by atoms with Crippen LogP contribution >= 0.6 is 11.6 Å². The fourth-order valence-corrected chi connectivity index (χ4v) is 3.41. The number of carbonyl (C=O) groups is 2. The summed E-state index contributed by atoms with van der Waals surface area (Å²) in [7, 11) is 0. The fourth-order valence-electron chi connectivity index (χ4n) is 3.29. The lowest BCUT2D eigenvalue weighted by molar-refractivity contribution is 0.0377. The quantitative estimate of drug-likeness (QED) is 0.897. The summed E-state index contributed by atoms with van der Waals surface area (Å²) in [5, 5.41) is 7.50. The molecule has 2 heterocycles. The highest BCUT2D eigenvalue weighted by molar-refractivity contribution is 6.31. The van der Waals surface area contributed by atoms with Gasteiger partial charge in [-0.3, -0.25) is 14.7 Å². The Bertz CT molecular complexity index is 833. The van der Waals surface area contributed by atoms with Gasteiger partial charge in [0.15, 0.2) is 0 Å². The van der Waals surface area contributed by atoms with E-state index >= 15 is 0 Å². The molecule has 1 N–H and O–H groups in total. The Balaban J connectivity index is 1.74. The highest BCUT2D eigenvalue weighted by atomic mass is 35.5. The van der Waals surface area contributed by atoms with Crippen LogP contribution in [0.1, 0.15) is 45.4 Å². The Hall–Kier alpha value is -2.34. The second-order valence-corrected chi connectivity index (χ2v) is 7.12. The molecule has 1 aromatic carbocycles. The lowest BCUT2D eigenvalue weighted by atomic mass is 10.1. The number of hydrogen-bond donors (Lipinski definition) is 1. The molecule has 1 atom stereocenters. The molecule has 0 spiro atoms. The molecule has 1 unspecified atom stereocenters. The summed E-state index contributed by atoms with van der Waals surface area (Å²) in [4.78, 5) is 29.2. The first-order chi connectivity index (χ1) is 12.4. The number of amides is 2. The molecular weight excluding hydrogens is 352 g/mol. The average Bonchev–Trinajstić information content (AvgIpc) is 3.08. The van der Waals surface area contributed by atoms with Gasteiger partial charge in [-0.1, -0.05) is 18.5 Å². The third kappa shape index (κ3) is 3.60. The van der Waals surface area contributed by atoms with Crippen molar-refractivity contribution < 1.29 is 9.59 Å². The lowest BCUT2D eigenvalue weighted by Gasteiger charge is -2.41. The van der Waals surface area contributed by atoms with Gasteiger partial charge < -0.3 is 9.80 Å². The third-order valence-corrected chi connectivity index (χ3v) is 5.26. The van der Waals surface area contributed by atoms with Crippen molar-refractivity contribution in [1.29, 1.82) is 0 Å². The number of nitrogens with one attached hydrogen (secondary N) is 1. The van der Waals surface area contributed by atoms with Gasteiger partial charge in [-0.25, -0.2) is 0 Å². The fraction of sp³-hybridized carbons (Fsp3) is 0.421. The van der Waals surface area contributed by atoms with E-state index in [2.05, 4.69) is 10.2 Å². The van der Waals surface area contributed by atoms with Crippen molar-refractivity contribution in [2.24, 2.45) is 0 Å². The molecule has 26 heavy (non-hydrogen) atoms. The maximum atomic E-state index is 12.9. The van der Waals surface area contributed by atoms with E-state index in [4.69, 9.17) is 11.6 Å². The van der Waals surface area contributed by atoms with Crippen LogP contribution in [0, 0.1) is 13.8 Å². The monoisotopic (exact) mass is 374 g/mol. The zero-order chi connectivity index (χ0) is 18.8. The van der Waals surface area contributed by atoms with Crippen LogP contribution < -0.4 is 0 Å². The number of benzene rings is 1. The summed E-state index contributed by atoms with van der Waals surface area (Å²) in [6, 6.07) is 7.06. The van der Waals surface area contributed by atoms with E-state index in [1.165, 1.54) is 0 Å². The molecule has 0 radical (unpaired) electrons. The lowest BCUT2D eigenvalue weighted by Crippen LogP contribution is -2.56. The largest absolute Gasteiger partial charge is 0.333 e. The number of halogens is 1. The summed E-state index contributed by atoms with van der Waals surface area (Å²) in [6.45, 7) is 7.31. The minimum Gasteiger partial charge on any atom is -0.333 e. The molecular formula is C19H23ClN4O2. The maximum Gasteiger partial charge on any atom is 0.274 e. The van der Waals surface area contributed by atoms with E-state index < -0.39 is 0 Å². The van der Waals surface area contributed by atoms with Crippen molar-refractivity contribution >= 4 is 23.4 Å². The van der Waals surface area contributed by atoms with Crippen LogP contribution in [0.3, 0.4) is 0 Å². The standard InChI is InChI=1S/C19H23ClN4O2/c1-4-15-11-23(19(26)17-10-13(3)21-22-17)7-8-24(15)18(25)14-5-6-16(20)12(2)9-14/h5-6,9-10,15H,4,7-8,11H2,1-3H3,(H,21,22). The van der Waals surface area contributed by atoms with Gasteiger partial charge in [0.05, 0.1) is 0 Å². The van der Waals surface area contributed by atoms with Gasteiger partial charge in [-0.05, 0) is 50.1 Å². The molecule has 2 amide bonds. The predicted octanol–water partition coefficient (Wildman–Crippen LogP) is 3.06. The Kier molecular flexibility index (Phi) is 5.32. The van der Waals surface area contributed by atoms with Crippen LogP contribution in [0.4, 0.5) is 0 Å². The van der Waals surface area contributed by atoms with E-state index in [0.29, 0.717) is 35.9 Å². The Morgan fingerprint density at radius 1 is 1.23 bits per heavy atom. The number of H-pyrrole nitrogens is 1. The first-order valence-corrected chi connectivity index (χ1v) is 9.17. The molecule has 1 saturated heterocycles. The van der Waals surface area contributed by atoms with Crippen LogP contribution in [0.2, 0.25) is 5.02 Å². The highest BCUT2D eigenvalue weighted by Crippen LogP contribution is 2.21. The first kappa shape index (κ1) is 18.5. The van der Waals surface area contributed by atoms with Crippen LogP contribution in [0.5, 0.6) is 0 Å². The van der Waals surface area contributed by atoms with Crippen LogP contribution in [0.15, 0.2) is 24.3 Å². The van der Waals surface area contributed by atoms with Gasteiger partial charge in [0, 0.05) is 42.0 Å². The molecule has 1 aromatic heterocycles. The molecule has 138 valence electrons. The number of aryl methyl sites for hydroxylation is 2. The Morgan fingerprint density at radius 3 is 2.62 bits per heavy atom. The Morgan fingerprint density at radius 2 is 2.00 bits per heavy atom. The third-order valence-electron chi connectivity index (χ3n) is 4.83. The van der Waals surface area contributed by atoms with Gasteiger partial charge in [-0.2, -0.15) is 5.10 Å². The zero-order valence-corrected chi connectivity index (χ0v) is 16.0. The minimum absolute atomic E-state index is 0.0145. The van der Waals surface area contributed by atoms with E-state index in [1.54, 1.807) is 23.1 Å². The first-order valence-electron chi connectivity index (χ1n) is 8.79. The second-order valence-electron chi connectivity index (χ2n) is 6.71. The van der Waals surface area contributed by atoms with Crippen molar-refractivity contribution in [3.63, 3.8) is 0 Å².